The van der Waals surface area contributed by atoms with Gasteiger partial charge in [0.15, 0.2) is 0 Å². The van der Waals surface area contributed by atoms with Crippen LogP contribution in [0.5, 0.6) is 0 Å². The van der Waals surface area contributed by atoms with E-state index in [4.69, 9.17) is 5.73 Å². The smallest absolute Gasteiger partial charge is 0.150 e. The van der Waals surface area contributed by atoms with Gasteiger partial charge in [0, 0.05) is 23.0 Å². The van der Waals surface area contributed by atoms with Gasteiger partial charge in [0.1, 0.15) is 9.84 Å². The Hall–Kier alpha value is -0.460. The highest BCUT2D eigenvalue weighted by molar-refractivity contribution is 7.91. The average molecular weight is 260 g/mol. The Bertz CT molecular complexity index is 451. The van der Waals surface area contributed by atoms with E-state index in [2.05, 4.69) is 4.98 Å². The first-order chi connectivity index (χ1) is 7.48. The monoisotopic (exact) mass is 260 g/mol. The number of nitrogens with two attached hydrogens (primary N) is 1. The van der Waals surface area contributed by atoms with E-state index in [0.29, 0.717) is 30.3 Å². The summed E-state index contributed by atoms with van der Waals surface area (Å²) in [7, 11) is -2.78. The normalized spacial score (nSPS) is 23.1. The first-order valence-corrected chi connectivity index (χ1v) is 8.03. The summed E-state index contributed by atoms with van der Waals surface area (Å²) in [5.41, 5.74) is 5.77. The molecule has 1 aliphatic rings. The third kappa shape index (κ3) is 2.61. The van der Waals surface area contributed by atoms with Crippen LogP contribution in [0, 0.1) is 0 Å². The van der Waals surface area contributed by atoms with Crippen LogP contribution in [0.1, 0.15) is 41.6 Å². The molecule has 1 saturated heterocycles. The van der Waals surface area contributed by atoms with Crippen molar-refractivity contribution in [2.75, 3.05) is 11.5 Å². The maximum atomic E-state index is 11.3. The van der Waals surface area contributed by atoms with Crippen LogP contribution >= 0.6 is 11.3 Å². The highest BCUT2D eigenvalue weighted by Gasteiger charge is 2.26. The van der Waals surface area contributed by atoms with Gasteiger partial charge in [-0.25, -0.2) is 13.4 Å². The van der Waals surface area contributed by atoms with Crippen molar-refractivity contribution in [3.63, 3.8) is 0 Å². The van der Waals surface area contributed by atoms with Crippen molar-refractivity contribution in [3.8, 4) is 0 Å². The SMILES string of the molecule is CC(N)c1cnc(C2CCS(=O)(=O)CC2)s1. The first-order valence-electron chi connectivity index (χ1n) is 5.39. The van der Waals surface area contributed by atoms with Crippen LogP contribution in [0.4, 0.5) is 0 Å². The van der Waals surface area contributed by atoms with Gasteiger partial charge < -0.3 is 5.73 Å². The molecule has 1 fully saturated rings. The zero-order valence-electron chi connectivity index (χ0n) is 9.22. The number of sulfone groups is 1. The lowest BCUT2D eigenvalue weighted by molar-refractivity contribution is 0.549. The number of thiazole rings is 1. The summed E-state index contributed by atoms with van der Waals surface area (Å²) >= 11 is 1.62. The van der Waals surface area contributed by atoms with Gasteiger partial charge in [0.05, 0.1) is 16.5 Å². The molecule has 16 heavy (non-hydrogen) atoms. The number of rotatable bonds is 2. The Labute approximate surface area is 99.8 Å². The van der Waals surface area contributed by atoms with E-state index in [1.54, 1.807) is 11.3 Å². The third-order valence-electron chi connectivity index (χ3n) is 2.89. The van der Waals surface area contributed by atoms with Gasteiger partial charge in [-0.15, -0.1) is 11.3 Å². The van der Waals surface area contributed by atoms with Crippen molar-refractivity contribution in [1.29, 1.82) is 0 Å². The van der Waals surface area contributed by atoms with Crippen LogP contribution in [0.25, 0.3) is 0 Å². The minimum Gasteiger partial charge on any atom is -0.323 e. The second kappa shape index (κ2) is 4.43. The number of hydrogen-bond acceptors (Lipinski definition) is 5. The van der Waals surface area contributed by atoms with Gasteiger partial charge in [-0.1, -0.05) is 0 Å². The topological polar surface area (TPSA) is 73.0 Å². The first kappa shape index (κ1) is 12.0. The van der Waals surface area contributed by atoms with Crippen LogP contribution in [0.15, 0.2) is 6.20 Å². The lowest BCUT2D eigenvalue weighted by Gasteiger charge is -2.19. The summed E-state index contributed by atoms with van der Waals surface area (Å²) in [5.74, 6) is 0.899. The van der Waals surface area contributed by atoms with E-state index >= 15 is 0 Å². The maximum absolute atomic E-state index is 11.3. The van der Waals surface area contributed by atoms with E-state index in [0.717, 1.165) is 9.88 Å². The summed E-state index contributed by atoms with van der Waals surface area (Å²) in [6.45, 7) is 1.93. The molecular formula is C10H16N2O2S2. The molecule has 2 heterocycles. The fraction of sp³-hybridized carbons (Fsp3) is 0.700. The second-order valence-electron chi connectivity index (χ2n) is 4.32. The molecule has 0 spiro atoms. The van der Waals surface area contributed by atoms with Gasteiger partial charge in [0.25, 0.3) is 0 Å². The number of nitrogens with zero attached hydrogens (tertiary/aromatic N) is 1. The Kier molecular flexibility index (Phi) is 3.32. The molecular weight excluding hydrogens is 244 g/mol. The summed E-state index contributed by atoms with van der Waals surface area (Å²) in [6, 6.07) is 0.0126. The van der Waals surface area contributed by atoms with Crippen LogP contribution in [-0.2, 0) is 9.84 Å². The van der Waals surface area contributed by atoms with Crippen LogP contribution in [-0.4, -0.2) is 24.9 Å². The van der Waals surface area contributed by atoms with Crippen LogP contribution in [0.2, 0.25) is 0 Å². The molecule has 0 radical (unpaired) electrons. The quantitative estimate of drug-likeness (QED) is 0.873. The largest absolute Gasteiger partial charge is 0.323 e. The van der Waals surface area contributed by atoms with Crippen LogP contribution in [0.3, 0.4) is 0 Å². The van der Waals surface area contributed by atoms with E-state index in [9.17, 15) is 8.42 Å². The summed E-state index contributed by atoms with van der Waals surface area (Å²) < 4.78 is 22.6. The molecule has 0 aromatic carbocycles. The summed E-state index contributed by atoms with van der Waals surface area (Å²) in [5, 5.41) is 1.04. The van der Waals surface area contributed by atoms with Crippen LogP contribution < -0.4 is 5.73 Å². The van der Waals surface area contributed by atoms with Gasteiger partial charge in [0.2, 0.25) is 0 Å². The molecule has 1 aromatic heterocycles. The zero-order valence-corrected chi connectivity index (χ0v) is 10.9. The van der Waals surface area contributed by atoms with Gasteiger partial charge in [-0.2, -0.15) is 0 Å². The number of aromatic nitrogens is 1. The standard InChI is InChI=1S/C10H16N2O2S2/c1-7(11)9-6-12-10(15-9)8-2-4-16(13,14)5-3-8/h6-8H,2-5,11H2,1H3. The summed E-state index contributed by atoms with van der Waals surface area (Å²) in [6.07, 6.45) is 3.22. The highest BCUT2D eigenvalue weighted by Crippen LogP contribution is 2.32. The molecule has 0 saturated carbocycles. The van der Waals surface area contributed by atoms with Crippen molar-refractivity contribution in [1.82, 2.24) is 4.98 Å². The fourth-order valence-corrected chi connectivity index (χ4v) is 4.37. The minimum atomic E-state index is -2.78. The molecule has 2 N–H and O–H groups in total. The third-order valence-corrected chi connectivity index (χ3v) is 5.97. The van der Waals surface area contributed by atoms with E-state index in [1.807, 2.05) is 13.1 Å². The van der Waals surface area contributed by atoms with E-state index in [1.165, 1.54) is 0 Å². The van der Waals surface area contributed by atoms with Gasteiger partial charge in [-0.05, 0) is 19.8 Å². The fourth-order valence-electron chi connectivity index (χ4n) is 1.84. The summed E-state index contributed by atoms with van der Waals surface area (Å²) in [4.78, 5) is 5.43. The van der Waals surface area contributed by atoms with E-state index < -0.39 is 9.84 Å². The van der Waals surface area contributed by atoms with Crippen molar-refractivity contribution in [2.45, 2.75) is 31.7 Å². The predicted octanol–water partition coefficient (Wildman–Crippen LogP) is 1.46. The molecule has 1 unspecified atom stereocenters. The lowest BCUT2D eigenvalue weighted by Crippen LogP contribution is -2.21. The minimum absolute atomic E-state index is 0.0126. The molecule has 0 bridgehead atoms. The second-order valence-corrected chi connectivity index (χ2v) is 7.71. The van der Waals surface area contributed by atoms with Crippen molar-refractivity contribution < 1.29 is 8.42 Å². The van der Waals surface area contributed by atoms with Crippen molar-refractivity contribution >= 4 is 21.2 Å². The highest BCUT2D eigenvalue weighted by atomic mass is 32.2. The molecule has 0 aliphatic carbocycles. The average Bonchev–Trinajstić information content (AvgIpc) is 2.66. The lowest BCUT2D eigenvalue weighted by atomic mass is 10.0. The molecule has 0 amide bonds. The number of hydrogen-bond donors (Lipinski definition) is 1. The van der Waals surface area contributed by atoms with Crippen molar-refractivity contribution in [3.05, 3.63) is 16.1 Å². The molecule has 1 aliphatic heterocycles. The predicted molar refractivity (Wildman–Crippen MR) is 65.3 cm³/mol. The Morgan fingerprint density at radius 2 is 2.12 bits per heavy atom. The molecule has 1 aromatic rings. The zero-order chi connectivity index (χ0) is 11.8. The maximum Gasteiger partial charge on any atom is 0.150 e. The van der Waals surface area contributed by atoms with Gasteiger partial charge in [-0.3, -0.25) is 0 Å². The Morgan fingerprint density at radius 1 is 1.50 bits per heavy atom. The van der Waals surface area contributed by atoms with E-state index in [-0.39, 0.29) is 6.04 Å². The molecule has 1 atom stereocenters. The van der Waals surface area contributed by atoms with Crippen molar-refractivity contribution in [2.24, 2.45) is 5.73 Å². The Balaban J connectivity index is 2.08. The molecule has 2 rings (SSSR count). The molecule has 90 valence electrons. The Morgan fingerprint density at radius 3 is 2.62 bits per heavy atom. The molecule has 6 heteroatoms. The molecule has 4 nitrogen and oxygen atoms in total. The van der Waals surface area contributed by atoms with Gasteiger partial charge >= 0.3 is 0 Å².